The van der Waals surface area contributed by atoms with E-state index in [4.69, 9.17) is 23.2 Å². The highest BCUT2D eigenvalue weighted by atomic mass is 35.5. The highest BCUT2D eigenvalue weighted by molar-refractivity contribution is 6.31. The first-order chi connectivity index (χ1) is 5.95. The third-order valence-corrected chi connectivity index (χ3v) is 1.93. The Morgan fingerprint density at radius 2 is 2.00 bits per heavy atom. The zero-order valence-electron chi connectivity index (χ0n) is 6.20. The Hall–Kier alpha value is -0.480. The molecule has 0 radical (unpaired) electrons. The fraction of sp³-hybridized carbons (Fsp3) is 0.286. The molecule has 0 amide bonds. The van der Waals surface area contributed by atoms with E-state index in [0.29, 0.717) is 0 Å². The molecule has 72 valence electrons. The molecule has 1 aromatic rings. The van der Waals surface area contributed by atoms with Crippen LogP contribution in [0.5, 0.6) is 0 Å². The van der Waals surface area contributed by atoms with Gasteiger partial charge >= 0.3 is 6.18 Å². The quantitative estimate of drug-likeness (QED) is 0.673. The van der Waals surface area contributed by atoms with E-state index in [0.717, 1.165) is 12.3 Å². The molecule has 0 unspecified atom stereocenters. The van der Waals surface area contributed by atoms with E-state index >= 15 is 0 Å². The van der Waals surface area contributed by atoms with Crippen LogP contribution in [0.2, 0.25) is 5.02 Å². The van der Waals surface area contributed by atoms with Gasteiger partial charge in [-0.3, -0.25) is 4.98 Å². The van der Waals surface area contributed by atoms with Crippen molar-refractivity contribution < 1.29 is 13.2 Å². The molecule has 6 heteroatoms. The van der Waals surface area contributed by atoms with Crippen molar-refractivity contribution in [2.75, 3.05) is 0 Å². The molecule has 1 nitrogen and oxygen atoms in total. The molecule has 1 aromatic heterocycles. The lowest BCUT2D eigenvalue weighted by atomic mass is 10.2. The number of halogens is 5. The predicted octanol–water partition coefficient (Wildman–Crippen LogP) is 3.49. The third-order valence-electron chi connectivity index (χ3n) is 1.35. The van der Waals surface area contributed by atoms with E-state index in [1.54, 1.807) is 0 Å². The molecule has 0 spiro atoms. The van der Waals surface area contributed by atoms with Crippen molar-refractivity contribution in [2.45, 2.75) is 12.1 Å². The van der Waals surface area contributed by atoms with Crippen LogP contribution in [0.4, 0.5) is 13.2 Å². The predicted molar refractivity (Wildman–Crippen MR) is 43.8 cm³/mol. The molecule has 0 aliphatic carbocycles. The van der Waals surface area contributed by atoms with Crippen LogP contribution in [-0.2, 0) is 12.1 Å². The molecule has 0 bridgehead atoms. The van der Waals surface area contributed by atoms with Gasteiger partial charge in [-0.2, -0.15) is 13.2 Å². The number of nitrogens with zero attached hydrogens (tertiary/aromatic N) is 1. The molecule has 0 saturated carbocycles. The maximum atomic E-state index is 12.2. The summed E-state index contributed by atoms with van der Waals surface area (Å²) in [7, 11) is 0. The molecule has 0 aliphatic heterocycles. The molecule has 0 N–H and O–H groups in total. The lowest BCUT2D eigenvalue weighted by Crippen LogP contribution is -2.07. The number of alkyl halides is 4. The molecule has 1 rings (SSSR count). The first-order valence-corrected chi connectivity index (χ1v) is 4.14. The van der Waals surface area contributed by atoms with Gasteiger partial charge in [-0.25, -0.2) is 0 Å². The van der Waals surface area contributed by atoms with Crippen molar-refractivity contribution in [1.29, 1.82) is 0 Å². The molecular formula is C7H4Cl2F3N. The number of aromatic nitrogens is 1. The highest BCUT2D eigenvalue weighted by Crippen LogP contribution is 2.34. The van der Waals surface area contributed by atoms with E-state index in [1.165, 1.54) is 0 Å². The van der Waals surface area contributed by atoms with Gasteiger partial charge in [-0.1, -0.05) is 11.6 Å². The minimum absolute atomic E-state index is 0.0692. The minimum Gasteiger partial charge on any atom is -0.258 e. The van der Waals surface area contributed by atoms with Crippen LogP contribution in [0.25, 0.3) is 0 Å². The van der Waals surface area contributed by atoms with Gasteiger partial charge in [-0.15, -0.1) is 11.6 Å². The summed E-state index contributed by atoms with van der Waals surface area (Å²) in [6.45, 7) is 0. The lowest BCUT2D eigenvalue weighted by molar-refractivity contribution is -0.137. The summed E-state index contributed by atoms with van der Waals surface area (Å²) in [6.07, 6.45) is -3.51. The second-order valence-corrected chi connectivity index (χ2v) is 2.96. The molecule has 0 fully saturated rings. The highest BCUT2D eigenvalue weighted by Gasteiger charge is 2.33. The SMILES string of the molecule is FC(F)(F)c1cc(CCl)ncc1Cl. The van der Waals surface area contributed by atoms with Crippen molar-refractivity contribution in [2.24, 2.45) is 0 Å². The summed E-state index contributed by atoms with van der Waals surface area (Å²) in [4.78, 5) is 3.61. The Morgan fingerprint density at radius 3 is 2.46 bits per heavy atom. The van der Waals surface area contributed by atoms with Gasteiger partial charge in [0.1, 0.15) is 0 Å². The van der Waals surface area contributed by atoms with Gasteiger partial charge in [0.2, 0.25) is 0 Å². The second-order valence-electron chi connectivity index (χ2n) is 2.29. The zero-order chi connectivity index (χ0) is 10.1. The molecule has 0 atom stereocenters. The summed E-state index contributed by atoms with van der Waals surface area (Å²) in [5.41, 5.74) is -0.752. The van der Waals surface area contributed by atoms with Crippen LogP contribution in [0, 0.1) is 0 Å². The van der Waals surface area contributed by atoms with Crippen molar-refractivity contribution in [3.63, 3.8) is 0 Å². The van der Waals surface area contributed by atoms with Gasteiger partial charge in [0.05, 0.1) is 22.2 Å². The Bertz CT molecular complexity index is 311. The maximum absolute atomic E-state index is 12.2. The Labute approximate surface area is 82.5 Å². The van der Waals surface area contributed by atoms with Crippen LogP contribution in [0.3, 0.4) is 0 Å². The molecule has 1 heterocycles. The number of hydrogen-bond donors (Lipinski definition) is 0. The zero-order valence-corrected chi connectivity index (χ0v) is 7.71. The second kappa shape index (κ2) is 3.72. The standard InChI is InChI=1S/C7H4Cl2F3N/c8-2-4-1-5(7(10,11)12)6(9)3-13-4/h1,3H,2H2. The third kappa shape index (κ3) is 2.48. The van der Waals surface area contributed by atoms with Crippen molar-refractivity contribution in [3.8, 4) is 0 Å². The molecule has 13 heavy (non-hydrogen) atoms. The van der Waals surface area contributed by atoms with Crippen LogP contribution < -0.4 is 0 Å². The fourth-order valence-electron chi connectivity index (χ4n) is 0.772. The van der Waals surface area contributed by atoms with Crippen molar-refractivity contribution in [3.05, 3.63) is 28.5 Å². The summed E-state index contributed by atoms with van der Waals surface area (Å²) < 4.78 is 36.6. The Balaban J connectivity index is 3.19. The van der Waals surface area contributed by atoms with Gasteiger partial charge < -0.3 is 0 Å². The van der Waals surface area contributed by atoms with E-state index < -0.39 is 16.8 Å². The monoisotopic (exact) mass is 229 g/mol. The van der Waals surface area contributed by atoms with Gasteiger partial charge in [0, 0.05) is 6.20 Å². The minimum atomic E-state index is -4.46. The first-order valence-electron chi connectivity index (χ1n) is 3.22. The van der Waals surface area contributed by atoms with Crippen LogP contribution in [0.15, 0.2) is 12.3 Å². The largest absolute Gasteiger partial charge is 0.417 e. The molecule has 0 aliphatic rings. The number of rotatable bonds is 1. The first kappa shape index (κ1) is 10.6. The van der Waals surface area contributed by atoms with Gasteiger partial charge in [0.25, 0.3) is 0 Å². The number of pyridine rings is 1. The normalized spacial score (nSPS) is 11.8. The molecule has 0 saturated heterocycles. The average Bonchev–Trinajstić information content (AvgIpc) is 2.03. The van der Waals surface area contributed by atoms with E-state index in [-0.39, 0.29) is 11.6 Å². The van der Waals surface area contributed by atoms with Crippen LogP contribution in [0.1, 0.15) is 11.3 Å². The number of hydrogen-bond acceptors (Lipinski definition) is 1. The van der Waals surface area contributed by atoms with E-state index in [9.17, 15) is 13.2 Å². The van der Waals surface area contributed by atoms with E-state index in [1.807, 2.05) is 0 Å². The molecule has 0 aromatic carbocycles. The topological polar surface area (TPSA) is 12.9 Å². The lowest BCUT2D eigenvalue weighted by Gasteiger charge is -2.08. The summed E-state index contributed by atoms with van der Waals surface area (Å²) in [6, 6.07) is 0.843. The summed E-state index contributed by atoms with van der Waals surface area (Å²) in [5, 5.41) is -0.415. The van der Waals surface area contributed by atoms with Crippen LogP contribution >= 0.6 is 23.2 Å². The fourth-order valence-corrected chi connectivity index (χ4v) is 1.13. The maximum Gasteiger partial charge on any atom is 0.417 e. The van der Waals surface area contributed by atoms with Crippen molar-refractivity contribution in [1.82, 2.24) is 4.98 Å². The Morgan fingerprint density at radius 1 is 1.38 bits per heavy atom. The summed E-state index contributed by atoms with van der Waals surface area (Å²) in [5.74, 6) is -0.0692. The Kier molecular flexibility index (Phi) is 3.03. The van der Waals surface area contributed by atoms with Gasteiger partial charge in [-0.05, 0) is 6.07 Å². The van der Waals surface area contributed by atoms with E-state index in [2.05, 4.69) is 4.98 Å². The van der Waals surface area contributed by atoms with Crippen molar-refractivity contribution >= 4 is 23.2 Å². The van der Waals surface area contributed by atoms with Gasteiger partial charge in [0.15, 0.2) is 0 Å². The molecular weight excluding hydrogens is 226 g/mol. The smallest absolute Gasteiger partial charge is 0.258 e. The van der Waals surface area contributed by atoms with Crippen LogP contribution in [-0.4, -0.2) is 4.98 Å². The average molecular weight is 230 g/mol. The summed E-state index contributed by atoms with van der Waals surface area (Å²) >= 11 is 10.6.